The highest BCUT2D eigenvalue weighted by atomic mass is 16.4. The van der Waals surface area contributed by atoms with Crippen molar-refractivity contribution in [2.75, 3.05) is 0 Å². The van der Waals surface area contributed by atoms with Gasteiger partial charge in [-0.25, -0.2) is 0 Å². The van der Waals surface area contributed by atoms with Gasteiger partial charge in [0.15, 0.2) is 0 Å². The summed E-state index contributed by atoms with van der Waals surface area (Å²) in [6.07, 6.45) is 33.6. The second kappa shape index (κ2) is 28.9. The van der Waals surface area contributed by atoms with Crippen LogP contribution in [0.25, 0.3) is 0 Å². The third kappa shape index (κ3) is 24.0. The smallest absolute Gasteiger partial charge is 0.307 e. The van der Waals surface area contributed by atoms with Gasteiger partial charge in [0.05, 0.1) is 11.8 Å². The molecule has 0 aliphatic carbocycles. The fourth-order valence-electron chi connectivity index (χ4n) is 5.76. The molecule has 0 aliphatic rings. The normalized spacial score (nSPS) is 13.0. The first-order chi connectivity index (χ1) is 18.5. The van der Waals surface area contributed by atoms with Crippen molar-refractivity contribution in [3.63, 3.8) is 0 Å². The van der Waals surface area contributed by atoms with Gasteiger partial charge in [0.1, 0.15) is 0 Å². The lowest BCUT2D eigenvalue weighted by Gasteiger charge is -2.20. The molecule has 0 fully saturated rings. The van der Waals surface area contributed by atoms with Crippen molar-refractivity contribution in [2.45, 2.75) is 194 Å². The molecule has 0 spiro atoms. The lowest BCUT2D eigenvalue weighted by atomic mass is 9.84. The lowest BCUT2D eigenvalue weighted by molar-refractivity contribution is -0.154. The zero-order chi connectivity index (χ0) is 28.1. The molecule has 0 amide bonds. The maximum atomic E-state index is 11.9. The molecule has 0 aromatic heterocycles. The average molecular weight is 539 g/mol. The van der Waals surface area contributed by atoms with Gasteiger partial charge in [-0.2, -0.15) is 0 Å². The molecule has 4 nitrogen and oxygen atoms in total. The van der Waals surface area contributed by atoms with E-state index >= 15 is 0 Å². The highest BCUT2D eigenvalue weighted by Crippen LogP contribution is 2.26. The average Bonchev–Trinajstić information content (AvgIpc) is 2.89. The molecule has 0 bridgehead atoms. The predicted octanol–water partition coefficient (Wildman–Crippen LogP) is 11.4. The number of unbranched alkanes of at least 4 members (excludes halogenated alkanes) is 24. The molecule has 38 heavy (non-hydrogen) atoms. The Kier molecular flexibility index (Phi) is 28.1. The number of hydrogen-bond donors (Lipinski definition) is 2. The van der Waals surface area contributed by atoms with Crippen LogP contribution in [0.5, 0.6) is 0 Å². The molecule has 4 heteroatoms. The molecule has 0 radical (unpaired) electrons. The van der Waals surface area contributed by atoms with Crippen molar-refractivity contribution in [3.05, 3.63) is 0 Å². The summed E-state index contributed by atoms with van der Waals surface area (Å²) in [5, 5.41) is 19.4. The van der Waals surface area contributed by atoms with Crippen molar-refractivity contribution >= 4 is 11.9 Å². The van der Waals surface area contributed by atoms with Crippen LogP contribution in [0.3, 0.4) is 0 Å². The zero-order valence-corrected chi connectivity index (χ0v) is 25.7. The van der Waals surface area contributed by atoms with Gasteiger partial charge in [-0.3, -0.25) is 9.59 Å². The summed E-state index contributed by atoms with van der Waals surface area (Å²) < 4.78 is 0. The van der Waals surface area contributed by atoms with E-state index < -0.39 is 23.8 Å². The van der Waals surface area contributed by atoms with Crippen LogP contribution in [0, 0.1) is 11.8 Å². The van der Waals surface area contributed by atoms with Crippen LogP contribution in [0.1, 0.15) is 194 Å². The molecule has 0 saturated heterocycles. The largest absolute Gasteiger partial charge is 0.481 e. The highest BCUT2D eigenvalue weighted by molar-refractivity contribution is 5.79. The van der Waals surface area contributed by atoms with E-state index in [1.807, 2.05) is 0 Å². The van der Waals surface area contributed by atoms with E-state index in [1.165, 1.54) is 128 Å². The fraction of sp³-hybridized carbons (Fsp3) is 0.941. The Morgan fingerprint density at radius 1 is 0.368 bits per heavy atom. The second-order valence-electron chi connectivity index (χ2n) is 12.0. The first kappa shape index (κ1) is 36.9. The van der Waals surface area contributed by atoms with Gasteiger partial charge in [-0.15, -0.1) is 0 Å². The number of carboxylic acid groups (broad SMARTS) is 2. The van der Waals surface area contributed by atoms with E-state index in [0.29, 0.717) is 12.8 Å². The SMILES string of the molecule is CCCCCCCCCCCCCCCCC(C(=O)O)C(CCCCCCCCCCCCCC)C(=O)O. The summed E-state index contributed by atoms with van der Waals surface area (Å²) >= 11 is 0. The molecule has 226 valence electrons. The minimum Gasteiger partial charge on any atom is -0.481 e. The number of carbonyl (C=O) groups is 2. The van der Waals surface area contributed by atoms with E-state index in [-0.39, 0.29) is 0 Å². The van der Waals surface area contributed by atoms with Crippen LogP contribution >= 0.6 is 0 Å². The minimum atomic E-state index is -0.925. The maximum Gasteiger partial charge on any atom is 0.307 e. The molecule has 0 rings (SSSR count). The van der Waals surface area contributed by atoms with Gasteiger partial charge < -0.3 is 10.2 Å². The van der Waals surface area contributed by atoms with E-state index in [2.05, 4.69) is 13.8 Å². The van der Waals surface area contributed by atoms with Crippen molar-refractivity contribution in [1.29, 1.82) is 0 Å². The Morgan fingerprint density at radius 2 is 0.553 bits per heavy atom. The van der Waals surface area contributed by atoms with Gasteiger partial charge >= 0.3 is 11.9 Å². The van der Waals surface area contributed by atoms with Gasteiger partial charge in [-0.05, 0) is 12.8 Å². The topological polar surface area (TPSA) is 74.6 Å². The quantitative estimate of drug-likeness (QED) is 0.0860. The van der Waals surface area contributed by atoms with Gasteiger partial charge in [0.2, 0.25) is 0 Å². The molecule has 0 heterocycles. The number of carboxylic acids is 2. The van der Waals surface area contributed by atoms with Crippen LogP contribution in [0.2, 0.25) is 0 Å². The Balaban J connectivity index is 3.84. The minimum absolute atomic E-state index is 0.502. The second-order valence-corrected chi connectivity index (χ2v) is 12.0. The van der Waals surface area contributed by atoms with Crippen LogP contribution in [0.15, 0.2) is 0 Å². The standard InChI is InChI=1S/C34H66O4/c1-3-5-7-9-11-13-15-17-18-20-22-24-26-28-30-32(34(37)38)31(33(35)36)29-27-25-23-21-19-16-14-12-10-8-6-4-2/h31-32H,3-30H2,1-2H3,(H,35,36)(H,37,38). The molecule has 2 N–H and O–H groups in total. The van der Waals surface area contributed by atoms with Crippen LogP contribution in [0.4, 0.5) is 0 Å². The fourth-order valence-corrected chi connectivity index (χ4v) is 5.76. The molecule has 2 atom stereocenters. The van der Waals surface area contributed by atoms with Crippen molar-refractivity contribution < 1.29 is 19.8 Å². The molecule has 0 aliphatic heterocycles. The van der Waals surface area contributed by atoms with E-state index in [0.717, 1.165) is 38.5 Å². The summed E-state index contributed by atoms with van der Waals surface area (Å²) in [6, 6.07) is 0. The Labute approximate surface area is 237 Å². The number of aliphatic carboxylic acids is 2. The third-order valence-corrected chi connectivity index (χ3v) is 8.36. The summed E-state index contributed by atoms with van der Waals surface area (Å²) in [4.78, 5) is 23.7. The highest BCUT2D eigenvalue weighted by Gasteiger charge is 2.32. The van der Waals surface area contributed by atoms with E-state index in [1.54, 1.807) is 0 Å². The Hall–Kier alpha value is -1.06. The monoisotopic (exact) mass is 538 g/mol. The van der Waals surface area contributed by atoms with Gasteiger partial charge in [-0.1, -0.05) is 181 Å². The van der Waals surface area contributed by atoms with Crippen LogP contribution in [-0.2, 0) is 9.59 Å². The van der Waals surface area contributed by atoms with Gasteiger partial charge in [0, 0.05) is 0 Å². The molecule has 0 saturated carbocycles. The molecule has 0 aromatic rings. The first-order valence-corrected chi connectivity index (χ1v) is 17.0. The Bertz CT molecular complexity index is 519. The number of rotatable bonds is 31. The van der Waals surface area contributed by atoms with Crippen molar-refractivity contribution in [3.8, 4) is 0 Å². The summed E-state index contributed by atoms with van der Waals surface area (Å²) in [6.45, 7) is 4.51. The van der Waals surface area contributed by atoms with E-state index in [4.69, 9.17) is 0 Å². The Morgan fingerprint density at radius 3 is 0.737 bits per heavy atom. The van der Waals surface area contributed by atoms with E-state index in [9.17, 15) is 19.8 Å². The maximum absolute atomic E-state index is 11.9. The lowest BCUT2D eigenvalue weighted by Crippen LogP contribution is -2.30. The summed E-state index contributed by atoms with van der Waals surface area (Å²) in [5.41, 5.74) is 0. The molecule has 0 aromatic carbocycles. The summed E-state index contributed by atoms with van der Waals surface area (Å²) in [7, 11) is 0. The van der Waals surface area contributed by atoms with Gasteiger partial charge in [0.25, 0.3) is 0 Å². The summed E-state index contributed by atoms with van der Waals surface area (Å²) in [5.74, 6) is -3.33. The van der Waals surface area contributed by atoms with Crippen molar-refractivity contribution in [1.82, 2.24) is 0 Å². The van der Waals surface area contributed by atoms with Crippen LogP contribution < -0.4 is 0 Å². The zero-order valence-electron chi connectivity index (χ0n) is 25.7. The third-order valence-electron chi connectivity index (χ3n) is 8.36. The molecular weight excluding hydrogens is 472 g/mol. The predicted molar refractivity (Wildman–Crippen MR) is 163 cm³/mol. The first-order valence-electron chi connectivity index (χ1n) is 17.0. The van der Waals surface area contributed by atoms with Crippen LogP contribution in [-0.4, -0.2) is 22.2 Å². The number of hydrogen-bond acceptors (Lipinski definition) is 2. The molecule has 2 unspecified atom stereocenters. The van der Waals surface area contributed by atoms with Crippen molar-refractivity contribution in [2.24, 2.45) is 11.8 Å². The molecular formula is C34H66O4.